The fourth-order valence-corrected chi connectivity index (χ4v) is 5.33. The van der Waals surface area contributed by atoms with E-state index in [9.17, 15) is 10.1 Å². The highest BCUT2D eigenvalue weighted by Gasteiger charge is 2.37. The lowest BCUT2D eigenvalue weighted by molar-refractivity contribution is -0.128. The maximum absolute atomic E-state index is 13.3. The summed E-state index contributed by atoms with van der Waals surface area (Å²) in [4.78, 5) is 20.0. The Kier molecular flexibility index (Phi) is 6.26. The average Bonchev–Trinajstić information content (AvgIpc) is 3.55. The fraction of sp³-hybridized carbons (Fsp3) is 0.267. The number of allylic oxidation sites excluding steroid dienone is 1. The molecule has 2 aromatic heterocycles. The molecule has 4 aromatic rings. The van der Waals surface area contributed by atoms with Gasteiger partial charge in [-0.3, -0.25) is 14.9 Å². The van der Waals surface area contributed by atoms with Crippen LogP contribution in [0.5, 0.6) is 11.5 Å². The van der Waals surface area contributed by atoms with E-state index in [1.807, 2.05) is 65.7 Å². The van der Waals surface area contributed by atoms with Crippen LogP contribution >= 0.6 is 0 Å². The highest BCUT2D eigenvalue weighted by Crippen LogP contribution is 2.39. The minimum atomic E-state index is -0.000640. The minimum absolute atomic E-state index is 0.000640. The van der Waals surface area contributed by atoms with Gasteiger partial charge in [-0.25, -0.2) is 0 Å². The maximum atomic E-state index is 13.3. The number of fused-ring (bicyclic) bond motifs is 1. The average molecular weight is 505 g/mol. The second-order valence-corrected chi connectivity index (χ2v) is 9.93. The van der Waals surface area contributed by atoms with Crippen LogP contribution in [0.4, 0.5) is 5.82 Å². The summed E-state index contributed by atoms with van der Waals surface area (Å²) in [7, 11) is 0. The monoisotopic (exact) mass is 504 g/mol. The molecular weight excluding hydrogens is 476 g/mol. The Morgan fingerprint density at radius 2 is 1.89 bits per heavy atom. The van der Waals surface area contributed by atoms with E-state index in [2.05, 4.69) is 16.3 Å². The molecule has 8 nitrogen and oxygen atoms in total. The number of rotatable bonds is 7. The number of aromatic amines is 1. The summed E-state index contributed by atoms with van der Waals surface area (Å²) in [5.74, 6) is 2.12. The van der Waals surface area contributed by atoms with Crippen molar-refractivity contribution in [1.82, 2.24) is 20.1 Å². The number of para-hydroxylation sites is 1. The van der Waals surface area contributed by atoms with Gasteiger partial charge >= 0.3 is 0 Å². The minimum Gasteiger partial charge on any atom is -0.457 e. The second-order valence-electron chi connectivity index (χ2n) is 9.93. The number of nitrogen functional groups attached to an aromatic ring is 1. The molecule has 1 saturated heterocycles. The summed E-state index contributed by atoms with van der Waals surface area (Å²) >= 11 is 0. The molecule has 3 heterocycles. The van der Waals surface area contributed by atoms with Crippen molar-refractivity contribution in [2.24, 2.45) is 5.92 Å². The van der Waals surface area contributed by atoms with Crippen LogP contribution in [0, 0.1) is 17.2 Å². The summed E-state index contributed by atoms with van der Waals surface area (Å²) in [5.41, 5.74) is 10.4. The molecule has 8 heteroatoms. The molecule has 1 amide bonds. The molecule has 1 atom stereocenters. The number of likely N-dealkylation sites (tertiary alicyclic amines) is 1. The molecule has 1 unspecified atom stereocenters. The molecule has 1 aliphatic carbocycles. The molecule has 2 fully saturated rings. The number of anilines is 1. The first kappa shape index (κ1) is 23.7. The largest absolute Gasteiger partial charge is 0.457 e. The Bertz CT molecular complexity index is 1550. The van der Waals surface area contributed by atoms with Crippen molar-refractivity contribution in [3.8, 4) is 28.8 Å². The van der Waals surface area contributed by atoms with E-state index in [0.29, 0.717) is 24.4 Å². The van der Waals surface area contributed by atoms with Crippen molar-refractivity contribution >= 4 is 22.6 Å². The van der Waals surface area contributed by atoms with Crippen LogP contribution < -0.4 is 10.5 Å². The molecule has 6 rings (SSSR count). The number of hydrogen-bond donors (Lipinski definition) is 2. The summed E-state index contributed by atoms with van der Waals surface area (Å²) in [6, 6.07) is 19.5. The van der Waals surface area contributed by atoms with E-state index in [1.54, 1.807) is 0 Å². The van der Waals surface area contributed by atoms with Crippen molar-refractivity contribution < 1.29 is 9.53 Å². The Balaban J connectivity index is 1.26. The van der Waals surface area contributed by atoms with Crippen molar-refractivity contribution in [3.05, 3.63) is 78.0 Å². The zero-order valence-corrected chi connectivity index (χ0v) is 20.9. The van der Waals surface area contributed by atoms with Gasteiger partial charge in [0.2, 0.25) is 0 Å². The second kappa shape index (κ2) is 10.0. The molecule has 190 valence electrons. The van der Waals surface area contributed by atoms with E-state index in [0.717, 1.165) is 64.9 Å². The van der Waals surface area contributed by atoms with Gasteiger partial charge in [0.15, 0.2) is 5.82 Å². The van der Waals surface area contributed by atoms with Crippen molar-refractivity contribution in [2.45, 2.75) is 38.1 Å². The Morgan fingerprint density at radius 1 is 1.13 bits per heavy atom. The van der Waals surface area contributed by atoms with Gasteiger partial charge in [-0.15, -0.1) is 0 Å². The lowest BCUT2D eigenvalue weighted by Gasteiger charge is -2.26. The number of aromatic nitrogens is 3. The predicted molar refractivity (Wildman–Crippen MR) is 145 cm³/mol. The number of carbonyl (C=O) groups is 1. The molecule has 0 bridgehead atoms. The molecule has 2 aromatic carbocycles. The molecular formula is C30H28N6O2. The summed E-state index contributed by atoms with van der Waals surface area (Å²) in [6.45, 7) is 0.705. The van der Waals surface area contributed by atoms with E-state index in [4.69, 9.17) is 15.5 Å². The number of ether oxygens (including phenoxy) is 1. The van der Waals surface area contributed by atoms with Crippen molar-refractivity contribution in [2.75, 3.05) is 12.3 Å². The van der Waals surface area contributed by atoms with Gasteiger partial charge in [-0.2, -0.15) is 10.4 Å². The quantitative estimate of drug-likeness (QED) is 0.257. The standard InChI is InChI=1S/C30H28N6O2/c31-15-14-25(19-8-9-19)30(37)36-16-4-5-22(36)17-21-18-33-27(26-28(21)34-35-29(26)32)20-10-12-24(13-11-20)38-23-6-2-1-3-7-23/h1-3,6-7,10-14,18-19,22H,4-5,8-9,16-17H2,(H3,32,34,35)/b25-14-. The number of hydrogen-bond acceptors (Lipinski definition) is 6. The van der Waals surface area contributed by atoms with Crippen LogP contribution in [-0.2, 0) is 11.2 Å². The van der Waals surface area contributed by atoms with Crippen LogP contribution in [0.2, 0.25) is 0 Å². The third-order valence-corrected chi connectivity index (χ3v) is 7.39. The van der Waals surface area contributed by atoms with E-state index in [1.165, 1.54) is 6.08 Å². The molecule has 0 spiro atoms. The fourth-order valence-electron chi connectivity index (χ4n) is 5.33. The highest BCUT2D eigenvalue weighted by molar-refractivity contribution is 6.01. The lowest BCUT2D eigenvalue weighted by atomic mass is 10.00. The third-order valence-electron chi connectivity index (χ3n) is 7.39. The van der Waals surface area contributed by atoms with Gasteiger partial charge in [0.25, 0.3) is 5.91 Å². The van der Waals surface area contributed by atoms with Gasteiger partial charge < -0.3 is 15.4 Å². The number of H-pyrrole nitrogens is 1. The van der Waals surface area contributed by atoms with Gasteiger partial charge in [0.05, 0.1) is 22.7 Å². The normalized spacial score (nSPS) is 17.5. The molecule has 2 aliphatic rings. The van der Waals surface area contributed by atoms with Crippen LogP contribution in [0.1, 0.15) is 31.2 Å². The number of nitrogens with two attached hydrogens (primary N) is 1. The molecule has 38 heavy (non-hydrogen) atoms. The Morgan fingerprint density at radius 3 is 2.63 bits per heavy atom. The first-order valence-corrected chi connectivity index (χ1v) is 13.0. The number of nitriles is 1. The number of amides is 1. The van der Waals surface area contributed by atoms with Gasteiger partial charge in [-0.05, 0) is 80.0 Å². The van der Waals surface area contributed by atoms with Crippen LogP contribution in [0.25, 0.3) is 22.2 Å². The number of pyridine rings is 1. The van der Waals surface area contributed by atoms with Gasteiger partial charge in [-0.1, -0.05) is 18.2 Å². The number of benzene rings is 2. The van der Waals surface area contributed by atoms with E-state index < -0.39 is 0 Å². The van der Waals surface area contributed by atoms with E-state index >= 15 is 0 Å². The Labute approximate surface area is 220 Å². The van der Waals surface area contributed by atoms with Crippen LogP contribution in [0.15, 0.2) is 72.4 Å². The highest BCUT2D eigenvalue weighted by atomic mass is 16.5. The number of nitrogens with zero attached hydrogens (tertiary/aromatic N) is 4. The summed E-state index contributed by atoms with van der Waals surface area (Å²) in [6.07, 6.45) is 7.76. The van der Waals surface area contributed by atoms with Gasteiger partial charge in [0, 0.05) is 36.0 Å². The lowest BCUT2D eigenvalue weighted by Crippen LogP contribution is -2.38. The molecule has 1 saturated carbocycles. The molecule has 3 N–H and O–H groups in total. The summed E-state index contributed by atoms with van der Waals surface area (Å²) < 4.78 is 5.92. The molecule has 1 aliphatic heterocycles. The summed E-state index contributed by atoms with van der Waals surface area (Å²) in [5, 5.41) is 17.4. The number of nitrogens with one attached hydrogen (secondary N) is 1. The zero-order chi connectivity index (χ0) is 26.1. The third kappa shape index (κ3) is 4.59. The first-order chi connectivity index (χ1) is 18.6. The topological polar surface area (TPSA) is 121 Å². The maximum Gasteiger partial charge on any atom is 0.251 e. The SMILES string of the molecule is N#C/C=C(\C(=O)N1CCCC1Cc1cnc(-c2ccc(Oc3ccccc3)cc2)c2c(N)n[nH]c12)C1CC1. The first-order valence-electron chi connectivity index (χ1n) is 13.0. The zero-order valence-electron chi connectivity index (χ0n) is 20.9. The van der Waals surface area contributed by atoms with Gasteiger partial charge in [0.1, 0.15) is 11.5 Å². The van der Waals surface area contributed by atoms with Crippen LogP contribution in [0.3, 0.4) is 0 Å². The number of carbonyl (C=O) groups excluding carboxylic acids is 1. The predicted octanol–water partition coefficient (Wildman–Crippen LogP) is 5.39. The molecule has 0 radical (unpaired) electrons. The smallest absolute Gasteiger partial charge is 0.251 e. The van der Waals surface area contributed by atoms with Crippen molar-refractivity contribution in [3.63, 3.8) is 0 Å². The van der Waals surface area contributed by atoms with E-state index in [-0.39, 0.29) is 17.9 Å². The van der Waals surface area contributed by atoms with Crippen molar-refractivity contribution in [1.29, 1.82) is 5.26 Å². The Hall–Kier alpha value is -4.64. The van der Waals surface area contributed by atoms with Crippen LogP contribution in [-0.4, -0.2) is 38.6 Å².